The Morgan fingerprint density at radius 3 is 2.30 bits per heavy atom. The van der Waals surface area contributed by atoms with Gasteiger partial charge in [0.05, 0.1) is 5.02 Å². The molecular weight excluding hydrogens is 403 g/mol. The van der Waals surface area contributed by atoms with Gasteiger partial charge >= 0.3 is 5.97 Å². The molecule has 1 atom stereocenters. The second-order valence-corrected chi connectivity index (χ2v) is 6.88. The highest BCUT2D eigenvalue weighted by atomic mass is 79.9. The highest BCUT2D eigenvalue weighted by Crippen LogP contribution is 2.30. The van der Waals surface area contributed by atoms with Gasteiger partial charge < -0.3 is 9.47 Å². The molecule has 0 aliphatic carbocycles. The molecule has 0 aliphatic heterocycles. The van der Waals surface area contributed by atoms with Gasteiger partial charge in [0, 0.05) is 9.50 Å². The minimum atomic E-state index is -0.809. The van der Waals surface area contributed by atoms with Crippen LogP contribution in [-0.2, 0) is 4.79 Å². The Morgan fingerprint density at radius 1 is 1.13 bits per heavy atom. The van der Waals surface area contributed by atoms with Crippen molar-refractivity contribution < 1.29 is 14.3 Å². The molecule has 1 unspecified atom stereocenters. The van der Waals surface area contributed by atoms with Crippen LogP contribution in [-0.4, -0.2) is 12.1 Å². The quantitative estimate of drug-likeness (QED) is 0.469. The molecule has 23 heavy (non-hydrogen) atoms. The van der Waals surface area contributed by atoms with E-state index in [2.05, 4.69) is 15.9 Å². The molecule has 0 fully saturated rings. The summed E-state index contributed by atoms with van der Waals surface area (Å²) in [5, 5.41) is 0.840. The summed E-state index contributed by atoms with van der Waals surface area (Å²) in [4.78, 5) is 12.3. The van der Waals surface area contributed by atoms with Crippen molar-refractivity contribution in [1.82, 2.24) is 0 Å². The number of rotatable bonds is 4. The van der Waals surface area contributed by atoms with Gasteiger partial charge in [0.25, 0.3) is 0 Å². The highest BCUT2D eigenvalue weighted by Gasteiger charge is 2.20. The lowest BCUT2D eigenvalue weighted by atomic mass is 10.1. The molecule has 2 rings (SSSR count). The topological polar surface area (TPSA) is 35.5 Å². The van der Waals surface area contributed by atoms with Gasteiger partial charge in [-0.1, -0.05) is 39.1 Å². The van der Waals surface area contributed by atoms with Crippen LogP contribution in [0.25, 0.3) is 0 Å². The van der Waals surface area contributed by atoms with Crippen molar-refractivity contribution in [3.63, 3.8) is 0 Å². The normalized spacial score (nSPS) is 11.9. The van der Waals surface area contributed by atoms with Crippen LogP contribution < -0.4 is 9.47 Å². The van der Waals surface area contributed by atoms with Gasteiger partial charge in [-0.25, -0.2) is 4.79 Å². The SMILES string of the molecule is Cc1cc(Br)cc(C)c1OC(=O)C(C)Oc1ccc(Cl)cc1Cl. The average molecular weight is 418 g/mol. The number of carbonyl (C=O) groups excluding carboxylic acids is 1. The van der Waals surface area contributed by atoms with Crippen LogP contribution in [0.15, 0.2) is 34.8 Å². The molecule has 0 spiro atoms. The van der Waals surface area contributed by atoms with Gasteiger partial charge in [-0.05, 0) is 62.2 Å². The number of ether oxygens (including phenoxy) is 2. The Hall–Kier alpha value is -1.23. The summed E-state index contributed by atoms with van der Waals surface area (Å²) in [5.41, 5.74) is 1.73. The molecule has 3 nitrogen and oxygen atoms in total. The van der Waals surface area contributed by atoms with Crippen LogP contribution in [0.3, 0.4) is 0 Å². The minimum absolute atomic E-state index is 0.341. The summed E-state index contributed by atoms with van der Waals surface area (Å²) >= 11 is 15.3. The molecule has 0 bridgehead atoms. The largest absolute Gasteiger partial charge is 0.477 e. The number of hydrogen-bond acceptors (Lipinski definition) is 3. The second kappa shape index (κ2) is 7.56. The molecule has 0 heterocycles. The number of aryl methyl sites for hydroxylation is 2. The van der Waals surface area contributed by atoms with Crippen LogP contribution in [0, 0.1) is 13.8 Å². The molecule has 0 saturated heterocycles. The lowest BCUT2D eigenvalue weighted by Crippen LogP contribution is -2.29. The third-order valence-electron chi connectivity index (χ3n) is 3.16. The number of benzene rings is 2. The van der Waals surface area contributed by atoms with Crippen LogP contribution in [0.5, 0.6) is 11.5 Å². The van der Waals surface area contributed by atoms with E-state index in [0.29, 0.717) is 21.5 Å². The predicted molar refractivity (Wildman–Crippen MR) is 95.8 cm³/mol. The smallest absolute Gasteiger partial charge is 0.352 e. The Morgan fingerprint density at radius 2 is 1.74 bits per heavy atom. The van der Waals surface area contributed by atoms with Gasteiger partial charge in [-0.15, -0.1) is 0 Å². The van der Waals surface area contributed by atoms with Gasteiger partial charge in [0.1, 0.15) is 11.5 Å². The van der Waals surface area contributed by atoms with E-state index >= 15 is 0 Å². The Labute approximate surface area is 153 Å². The first-order valence-corrected chi connectivity index (χ1v) is 8.43. The lowest BCUT2D eigenvalue weighted by Gasteiger charge is -2.17. The first-order chi connectivity index (χ1) is 10.8. The van der Waals surface area contributed by atoms with Gasteiger partial charge in [0.2, 0.25) is 0 Å². The van der Waals surface area contributed by atoms with Crippen LogP contribution in [0.1, 0.15) is 18.1 Å². The predicted octanol–water partition coefficient (Wildman–Crippen LogP) is 5.75. The summed E-state index contributed by atoms with van der Waals surface area (Å²) in [5.74, 6) is 0.421. The van der Waals surface area contributed by atoms with Gasteiger partial charge in [0.15, 0.2) is 6.10 Å². The summed E-state index contributed by atoms with van der Waals surface area (Å²) in [7, 11) is 0. The Bertz CT molecular complexity index is 724. The molecule has 122 valence electrons. The lowest BCUT2D eigenvalue weighted by molar-refractivity contribution is -0.141. The number of carbonyl (C=O) groups is 1. The zero-order valence-electron chi connectivity index (χ0n) is 12.8. The molecule has 2 aromatic rings. The van der Waals surface area contributed by atoms with Crippen LogP contribution in [0.2, 0.25) is 10.0 Å². The average Bonchev–Trinajstić information content (AvgIpc) is 2.45. The molecule has 0 aromatic heterocycles. The molecule has 2 aromatic carbocycles. The molecule has 0 amide bonds. The second-order valence-electron chi connectivity index (χ2n) is 5.12. The standard InChI is InChI=1S/C17H15BrCl2O3/c1-9-6-12(18)7-10(2)16(9)23-17(21)11(3)22-15-5-4-13(19)8-14(15)20/h4-8,11H,1-3H3. The van der Waals surface area contributed by atoms with Crippen molar-refractivity contribution >= 4 is 45.1 Å². The van der Waals surface area contributed by atoms with E-state index in [1.165, 1.54) is 0 Å². The van der Waals surface area contributed by atoms with Crippen LogP contribution >= 0.6 is 39.1 Å². The molecule has 6 heteroatoms. The van der Waals surface area contributed by atoms with Crippen molar-refractivity contribution in [1.29, 1.82) is 0 Å². The Kier molecular flexibility index (Phi) is 5.95. The molecule has 0 saturated carbocycles. The van der Waals surface area contributed by atoms with E-state index in [0.717, 1.165) is 15.6 Å². The summed E-state index contributed by atoms with van der Waals surface area (Å²) in [6, 6.07) is 8.59. The molecular formula is C17H15BrCl2O3. The zero-order chi connectivity index (χ0) is 17.1. The number of hydrogen-bond donors (Lipinski definition) is 0. The first-order valence-electron chi connectivity index (χ1n) is 6.88. The third-order valence-corrected chi connectivity index (χ3v) is 4.15. The summed E-state index contributed by atoms with van der Waals surface area (Å²) in [6.45, 7) is 5.36. The maximum atomic E-state index is 12.3. The maximum Gasteiger partial charge on any atom is 0.352 e. The van der Waals surface area contributed by atoms with Gasteiger partial charge in [-0.2, -0.15) is 0 Å². The van der Waals surface area contributed by atoms with Crippen molar-refractivity contribution in [2.75, 3.05) is 0 Å². The van der Waals surface area contributed by atoms with Crippen LogP contribution in [0.4, 0.5) is 0 Å². The fourth-order valence-corrected chi connectivity index (χ4v) is 3.19. The number of esters is 1. The van der Waals surface area contributed by atoms with E-state index in [-0.39, 0.29) is 0 Å². The van der Waals surface area contributed by atoms with E-state index in [9.17, 15) is 4.79 Å². The van der Waals surface area contributed by atoms with E-state index in [1.807, 2.05) is 26.0 Å². The zero-order valence-corrected chi connectivity index (χ0v) is 15.9. The van der Waals surface area contributed by atoms with E-state index < -0.39 is 12.1 Å². The van der Waals surface area contributed by atoms with Crippen molar-refractivity contribution in [2.24, 2.45) is 0 Å². The minimum Gasteiger partial charge on any atom is -0.477 e. The first kappa shape index (κ1) is 18.1. The molecule has 0 aliphatic rings. The molecule has 0 N–H and O–H groups in total. The summed E-state index contributed by atoms with van der Waals surface area (Å²) in [6.07, 6.45) is -0.809. The summed E-state index contributed by atoms with van der Waals surface area (Å²) < 4.78 is 12.0. The van der Waals surface area contributed by atoms with Crippen molar-refractivity contribution in [3.05, 3.63) is 56.0 Å². The van der Waals surface area contributed by atoms with Crippen molar-refractivity contribution in [3.8, 4) is 11.5 Å². The van der Waals surface area contributed by atoms with E-state index in [4.69, 9.17) is 32.7 Å². The molecule has 0 radical (unpaired) electrons. The Balaban J connectivity index is 2.11. The fourth-order valence-electron chi connectivity index (χ4n) is 2.05. The third kappa shape index (κ3) is 4.63. The van der Waals surface area contributed by atoms with E-state index in [1.54, 1.807) is 25.1 Å². The van der Waals surface area contributed by atoms with Crippen molar-refractivity contribution in [2.45, 2.75) is 26.9 Å². The maximum absolute atomic E-state index is 12.3. The highest BCUT2D eigenvalue weighted by molar-refractivity contribution is 9.10. The number of halogens is 3. The van der Waals surface area contributed by atoms with Gasteiger partial charge in [-0.3, -0.25) is 0 Å². The monoisotopic (exact) mass is 416 g/mol. The fraction of sp³-hybridized carbons (Fsp3) is 0.235.